The molecule has 1 atom stereocenters. The summed E-state index contributed by atoms with van der Waals surface area (Å²) in [4.78, 5) is 30.1. The van der Waals surface area contributed by atoms with E-state index in [1.54, 1.807) is 24.2 Å². The number of ether oxygens (including phenoxy) is 2. The van der Waals surface area contributed by atoms with Crippen LogP contribution in [0, 0.1) is 5.92 Å². The highest BCUT2D eigenvalue weighted by Gasteiger charge is 2.21. The van der Waals surface area contributed by atoms with Gasteiger partial charge in [-0.2, -0.15) is 0 Å². The Kier molecular flexibility index (Phi) is 8.29. The Labute approximate surface area is 160 Å². The van der Waals surface area contributed by atoms with Gasteiger partial charge in [0, 0.05) is 31.9 Å². The first-order valence-electron chi connectivity index (χ1n) is 9.02. The first-order chi connectivity index (χ1) is 13.1. The second-order valence-corrected chi connectivity index (χ2v) is 6.32. The van der Waals surface area contributed by atoms with Crippen molar-refractivity contribution >= 4 is 11.9 Å². The van der Waals surface area contributed by atoms with Crippen molar-refractivity contribution in [3.63, 3.8) is 0 Å². The molecule has 27 heavy (non-hydrogen) atoms. The molecule has 0 aliphatic rings. The summed E-state index contributed by atoms with van der Waals surface area (Å²) in [5.41, 5.74) is 0.968. The Balaban J connectivity index is 1.90. The summed E-state index contributed by atoms with van der Waals surface area (Å²) >= 11 is 0. The molecule has 1 aromatic carbocycles. The van der Waals surface area contributed by atoms with E-state index in [1.807, 2.05) is 42.5 Å². The lowest BCUT2D eigenvalue weighted by Crippen LogP contribution is -2.37. The van der Waals surface area contributed by atoms with Crippen LogP contribution in [0.25, 0.3) is 0 Å². The fraction of sp³-hybridized carbons (Fsp3) is 0.381. The Hall–Kier alpha value is -2.89. The number of methoxy groups -OCH3 is 1. The van der Waals surface area contributed by atoms with Crippen LogP contribution in [0.2, 0.25) is 0 Å². The van der Waals surface area contributed by atoms with E-state index in [-0.39, 0.29) is 17.8 Å². The monoisotopic (exact) mass is 370 g/mol. The van der Waals surface area contributed by atoms with Crippen molar-refractivity contribution in [1.82, 2.24) is 9.88 Å². The van der Waals surface area contributed by atoms with Crippen molar-refractivity contribution in [3.05, 3.63) is 60.4 Å². The molecule has 0 fully saturated rings. The molecular formula is C21H26N2O4. The van der Waals surface area contributed by atoms with Crippen molar-refractivity contribution in [3.8, 4) is 5.75 Å². The van der Waals surface area contributed by atoms with Crippen molar-refractivity contribution in [1.29, 1.82) is 0 Å². The van der Waals surface area contributed by atoms with Crippen molar-refractivity contribution < 1.29 is 19.1 Å². The number of esters is 1. The van der Waals surface area contributed by atoms with Gasteiger partial charge in [-0.1, -0.05) is 25.1 Å². The molecule has 0 aliphatic heterocycles. The second kappa shape index (κ2) is 11.0. The third kappa shape index (κ3) is 7.09. The van der Waals surface area contributed by atoms with Crippen LogP contribution in [-0.2, 0) is 20.9 Å². The molecule has 144 valence electrons. The van der Waals surface area contributed by atoms with Crippen molar-refractivity contribution in [2.75, 3.05) is 20.3 Å². The summed E-state index contributed by atoms with van der Waals surface area (Å²) in [5, 5.41) is 0. The lowest BCUT2D eigenvalue weighted by molar-refractivity contribution is -0.146. The maximum Gasteiger partial charge on any atom is 0.310 e. The predicted octanol–water partition coefficient (Wildman–Crippen LogP) is 3.08. The van der Waals surface area contributed by atoms with E-state index < -0.39 is 0 Å². The van der Waals surface area contributed by atoms with Gasteiger partial charge in [0.15, 0.2) is 0 Å². The van der Waals surface area contributed by atoms with Gasteiger partial charge in [-0.25, -0.2) is 0 Å². The van der Waals surface area contributed by atoms with Crippen LogP contribution >= 0.6 is 0 Å². The van der Waals surface area contributed by atoms with Crippen LogP contribution in [0.15, 0.2) is 54.9 Å². The summed E-state index contributed by atoms with van der Waals surface area (Å²) in [6, 6.07) is 13.2. The maximum absolute atomic E-state index is 12.7. The van der Waals surface area contributed by atoms with Crippen molar-refractivity contribution in [2.45, 2.75) is 26.3 Å². The number of pyridine rings is 1. The average molecular weight is 370 g/mol. The number of rotatable bonds is 10. The summed E-state index contributed by atoms with van der Waals surface area (Å²) in [7, 11) is 1.36. The smallest absolute Gasteiger partial charge is 0.310 e. The lowest BCUT2D eigenvalue weighted by Gasteiger charge is -2.25. The largest absolute Gasteiger partial charge is 0.494 e. The zero-order valence-corrected chi connectivity index (χ0v) is 15.8. The maximum atomic E-state index is 12.7. The number of nitrogens with zero attached hydrogens (tertiary/aromatic N) is 2. The molecule has 0 bridgehead atoms. The van der Waals surface area contributed by atoms with Crippen LogP contribution in [0.5, 0.6) is 5.75 Å². The van der Waals surface area contributed by atoms with Crippen LogP contribution in [0.3, 0.4) is 0 Å². The molecule has 1 unspecified atom stereocenters. The fourth-order valence-corrected chi connectivity index (χ4v) is 2.66. The number of aromatic nitrogens is 1. The number of carbonyl (C=O) groups is 2. The number of carbonyl (C=O) groups excluding carboxylic acids is 2. The standard InChI is InChI=1S/C21H26N2O4/c1-17(21(25)26-2)15-23(16-18-10-12-22-13-11-18)20(24)9-6-14-27-19-7-4-3-5-8-19/h3-5,7-8,10-13,17H,6,9,14-16H2,1-2H3. The van der Waals surface area contributed by atoms with Gasteiger partial charge in [0.05, 0.1) is 19.6 Å². The highest BCUT2D eigenvalue weighted by Crippen LogP contribution is 2.12. The van der Waals surface area contributed by atoms with Gasteiger partial charge in [-0.15, -0.1) is 0 Å². The normalized spacial score (nSPS) is 11.5. The molecule has 1 amide bonds. The first kappa shape index (κ1) is 20.4. The Bertz CT molecular complexity index is 707. The molecule has 1 aromatic heterocycles. The topological polar surface area (TPSA) is 68.7 Å². The molecule has 2 aromatic rings. The predicted molar refractivity (Wildman–Crippen MR) is 102 cm³/mol. The molecule has 0 aliphatic carbocycles. The van der Waals surface area contributed by atoms with E-state index in [0.29, 0.717) is 32.5 Å². The van der Waals surface area contributed by atoms with Gasteiger partial charge >= 0.3 is 5.97 Å². The molecule has 6 nitrogen and oxygen atoms in total. The van der Waals surface area contributed by atoms with Gasteiger partial charge in [0.1, 0.15) is 5.75 Å². The zero-order chi connectivity index (χ0) is 19.5. The quantitative estimate of drug-likeness (QED) is 0.475. The van der Waals surface area contributed by atoms with Crippen molar-refractivity contribution in [2.24, 2.45) is 5.92 Å². The number of hydrogen-bond acceptors (Lipinski definition) is 5. The molecule has 0 saturated heterocycles. The highest BCUT2D eigenvalue weighted by atomic mass is 16.5. The zero-order valence-electron chi connectivity index (χ0n) is 15.8. The molecule has 0 N–H and O–H groups in total. The molecule has 2 rings (SSSR count). The van der Waals surface area contributed by atoms with Gasteiger partial charge in [0.25, 0.3) is 0 Å². The van der Waals surface area contributed by atoms with E-state index in [4.69, 9.17) is 9.47 Å². The third-order valence-electron chi connectivity index (χ3n) is 4.12. The first-order valence-corrected chi connectivity index (χ1v) is 9.02. The van der Waals surface area contributed by atoms with E-state index >= 15 is 0 Å². The SMILES string of the molecule is COC(=O)C(C)CN(Cc1ccncc1)C(=O)CCCOc1ccccc1. The Morgan fingerprint density at radius 3 is 2.48 bits per heavy atom. The van der Waals surface area contributed by atoms with Gasteiger partial charge in [0.2, 0.25) is 5.91 Å². The van der Waals surface area contributed by atoms with Crippen LogP contribution in [0.4, 0.5) is 0 Å². The molecule has 1 heterocycles. The van der Waals surface area contributed by atoms with Gasteiger partial charge in [-0.3, -0.25) is 14.6 Å². The molecule has 6 heteroatoms. The van der Waals surface area contributed by atoms with Crippen LogP contribution in [-0.4, -0.2) is 42.0 Å². The molecule has 0 saturated carbocycles. The number of hydrogen-bond donors (Lipinski definition) is 0. The number of amides is 1. The van der Waals surface area contributed by atoms with Gasteiger partial charge < -0.3 is 14.4 Å². The Morgan fingerprint density at radius 1 is 1.11 bits per heavy atom. The van der Waals surface area contributed by atoms with E-state index in [9.17, 15) is 9.59 Å². The number of benzene rings is 1. The lowest BCUT2D eigenvalue weighted by atomic mass is 10.1. The third-order valence-corrected chi connectivity index (χ3v) is 4.12. The number of para-hydroxylation sites is 1. The van der Waals surface area contributed by atoms with Gasteiger partial charge in [-0.05, 0) is 36.2 Å². The molecule has 0 radical (unpaired) electrons. The van der Waals surface area contributed by atoms with Crippen LogP contribution in [0.1, 0.15) is 25.3 Å². The summed E-state index contributed by atoms with van der Waals surface area (Å²) in [5.74, 6) is 0.0634. The molecular weight excluding hydrogens is 344 g/mol. The minimum Gasteiger partial charge on any atom is -0.494 e. The van der Waals surface area contributed by atoms with E-state index in [0.717, 1.165) is 11.3 Å². The second-order valence-electron chi connectivity index (χ2n) is 6.32. The van der Waals surface area contributed by atoms with E-state index in [2.05, 4.69) is 4.98 Å². The minimum absolute atomic E-state index is 0.0146. The summed E-state index contributed by atoms with van der Waals surface area (Å²) in [6.07, 6.45) is 4.34. The molecule has 0 spiro atoms. The highest BCUT2D eigenvalue weighted by molar-refractivity contribution is 5.78. The Morgan fingerprint density at radius 2 is 1.81 bits per heavy atom. The summed E-state index contributed by atoms with van der Waals surface area (Å²) < 4.78 is 10.4. The average Bonchev–Trinajstić information content (AvgIpc) is 2.71. The van der Waals surface area contributed by atoms with E-state index in [1.165, 1.54) is 7.11 Å². The minimum atomic E-state index is -0.388. The van der Waals surface area contributed by atoms with Crippen LogP contribution < -0.4 is 4.74 Å². The summed E-state index contributed by atoms with van der Waals surface area (Å²) in [6.45, 7) is 2.97. The fourth-order valence-electron chi connectivity index (χ4n) is 2.66.